The average molecular weight is 209 g/mol. The summed E-state index contributed by atoms with van der Waals surface area (Å²) >= 11 is 0. The maximum Gasteiger partial charge on any atom is 0.330 e. The van der Waals surface area contributed by atoms with E-state index in [1.165, 1.54) is 7.11 Å². The molecule has 0 amide bonds. The zero-order chi connectivity index (χ0) is 11.2. The summed E-state index contributed by atoms with van der Waals surface area (Å²) in [5.74, 6) is -0.377. The standard InChI is InChI=1S/C10H15N3O2/c1-6-8-7(13(2)12-6)4-5-10(8,11)9(14)15-3/h4-5,11H2,1-3H3. The van der Waals surface area contributed by atoms with Crippen molar-refractivity contribution in [1.82, 2.24) is 9.78 Å². The number of carbonyl (C=O) groups is 1. The highest BCUT2D eigenvalue weighted by molar-refractivity contribution is 5.84. The molecule has 0 fully saturated rings. The summed E-state index contributed by atoms with van der Waals surface area (Å²) in [6.45, 7) is 1.87. The molecule has 1 aromatic rings. The zero-order valence-electron chi connectivity index (χ0n) is 9.20. The minimum absolute atomic E-state index is 0.377. The highest BCUT2D eigenvalue weighted by atomic mass is 16.5. The predicted molar refractivity (Wildman–Crippen MR) is 54.1 cm³/mol. The third-order valence-electron chi connectivity index (χ3n) is 3.09. The number of hydrogen-bond acceptors (Lipinski definition) is 4. The second kappa shape index (κ2) is 3.06. The summed E-state index contributed by atoms with van der Waals surface area (Å²) in [6, 6.07) is 0. The Morgan fingerprint density at radius 1 is 1.67 bits per heavy atom. The molecule has 0 saturated carbocycles. The monoisotopic (exact) mass is 209 g/mol. The van der Waals surface area contributed by atoms with Gasteiger partial charge < -0.3 is 10.5 Å². The van der Waals surface area contributed by atoms with Gasteiger partial charge in [-0.15, -0.1) is 0 Å². The van der Waals surface area contributed by atoms with Crippen molar-refractivity contribution in [2.75, 3.05) is 7.11 Å². The van der Waals surface area contributed by atoms with E-state index in [4.69, 9.17) is 10.5 Å². The van der Waals surface area contributed by atoms with E-state index in [-0.39, 0.29) is 5.97 Å². The summed E-state index contributed by atoms with van der Waals surface area (Å²) in [7, 11) is 3.23. The van der Waals surface area contributed by atoms with Crippen LogP contribution in [-0.2, 0) is 28.5 Å². The van der Waals surface area contributed by atoms with Crippen LogP contribution in [0.15, 0.2) is 0 Å². The molecule has 1 unspecified atom stereocenters. The third-order valence-corrected chi connectivity index (χ3v) is 3.09. The van der Waals surface area contributed by atoms with Crippen LogP contribution in [0.1, 0.15) is 23.4 Å². The molecule has 0 aliphatic heterocycles. The van der Waals surface area contributed by atoms with E-state index in [1.807, 2.05) is 14.0 Å². The predicted octanol–water partition coefficient (Wildman–Crippen LogP) is 0.00172. The van der Waals surface area contributed by atoms with Crippen LogP contribution in [0.2, 0.25) is 0 Å². The van der Waals surface area contributed by atoms with Gasteiger partial charge in [-0.3, -0.25) is 4.68 Å². The van der Waals surface area contributed by atoms with E-state index in [0.29, 0.717) is 6.42 Å². The minimum atomic E-state index is -0.998. The first kappa shape index (κ1) is 10.2. The molecule has 1 aliphatic rings. The van der Waals surface area contributed by atoms with E-state index in [9.17, 15) is 4.79 Å². The van der Waals surface area contributed by atoms with Crippen molar-refractivity contribution < 1.29 is 9.53 Å². The van der Waals surface area contributed by atoms with Crippen LogP contribution in [0.5, 0.6) is 0 Å². The normalized spacial score (nSPS) is 24.0. The summed E-state index contributed by atoms with van der Waals surface area (Å²) in [5, 5.41) is 4.27. The van der Waals surface area contributed by atoms with Crippen LogP contribution >= 0.6 is 0 Å². The van der Waals surface area contributed by atoms with Gasteiger partial charge in [0.2, 0.25) is 0 Å². The van der Waals surface area contributed by atoms with Crippen molar-refractivity contribution >= 4 is 5.97 Å². The molecule has 0 bridgehead atoms. The van der Waals surface area contributed by atoms with Crippen molar-refractivity contribution in [1.29, 1.82) is 0 Å². The molecule has 5 nitrogen and oxygen atoms in total. The van der Waals surface area contributed by atoms with Gasteiger partial charge in [-0.05, 0) is 19.8 Å². The third kappa shape index (κ3) is 1.19. The number of aromatic nitrogens is 2. The van der Waals surface area contributed by atoms with Gasteiger partial charge in [-0.2, -0.15) is 5.10 Å². The molecular weight excluding hydrogens is 194 g/mol. The van der Waals surface area contributed by atoms with Gasteiger partial charge in [0, 0.05) is 18.3 Å². The number of ether oxygens (including phenoxy) is 1. The molecule has 0 radical (unpaired) electrons. The Morgan fingerprint density at radius 3 is 2.93 bits per heavy atom. The number of hydrogen-bond donors (Lipinski definition) is 1. The summed E-state index contributed by atoms with van der Waals surface area (Å²) in [5.41, 5.74) is 7.82. The van der Waals surface area contributed by atoms with E-state index < -0.39 is 5.54 Å². The quantitative estimate of drug-likeness (QED) is 0.661. The zero-order valence-corrected chi connectivity index (χ0v) is 9.20. The van der Waals surface area contributed by atoms with Crippen molar-refractivity contribution in [2.45, 2.75) is 25.3 Å². The van der Waals surface area contributed by atoms with E-state index in [1.54, 1.807) is 4.68 Å². The molecule has 1 aliphatic carbocycles. The lowest BCUT2D eigenvalue weighted by molar-refractivity contribution is -0.147. The largest absolute Gasteiger partial charge is 0.467 e. The Balaban J connectivity index is 2.56. The van der Waals surface area contributed by atoms with Crippen LogP contribution in [0.3, 0.4) is 0 Å². The molecule has 1 atom stereocenters. The van der Waals surface area contributed by atoms with Gasteiger partial charge in [0.25, 0.3) is 0 Å². The molecule has 1 aromatic heterocycles. The van der Waals surface area contributed by atoms with Crippen LogP contribution < -0.4 is 5.73 Å². The number of nitrogens with two attached hydrogens (primary N) is 1. The van der Waals surface area contributed by atoms with Crippen molar-refractivity contribution in [3.63, 3.8) is 0 Å². The second-order valence-corrected chi connectivity index (χ2v) is 3.99. The lowest BCUT2D eigenvalue weighted by Crippen LogP contribution is -2.44. The first-order chi connectivity index (χ1) is 7.00. The van der Waals surface area contributed by atoms with Gasteiger partial charge in [-0.1, -0.05) is 0 Å². The van der Waals surface area contributed by atoms with Crippen LogP contribution in [0.25, 0.3) is 0 Å². The average Bonchev–Trinajstić information content (AvgIpc) is 2.68. The number of fused-ring (bicyclic) bond motifs is 1. The molecule has 0 spiro atoms. The fourth-order valence-corrected chi connectivity index (χ4v) is 2.40. The lowest BCUT2D eigenvalue weighted by Gasteiger charge is -2.21. The van der Waals surface area contributed by atoms with E-state index in [0.717, 1.165) is 23.4 Å². The first-order valence-corrected chi connectivity index (χ1v) is 4.91. The molecule has 82 valence electrons. The van der Waals surface area contributed by atoms with Gasteiger partial charge in [0.1, 0.15) is 5.54 Å². The molecule has 2 N–H and O–H groups in total. The smallest absolute Gasteiger partial charge is 0.330 e. The lowest BCUT2D eigenvalue weighted by atomic mass is 9.93. The maximum absolute atomic E-state index is 11.7. The van der Waals surface area contributed by atoms with Gasteiger partial charge >= 0.3 is 5.97 Å². The fraction of sp³-hybridized carbons (Fsp3) is 0.600. The number of rotatable bonds is 1. The van der Waals surface area contributed by atoms with Gasteiger partial charge in [-0.25, -0.2) is 4.79 Å². The number of methoxy groups -OCH3 is 1. The fourth-order valence-electron chi connectivity index (χ4n) is 2.40. The van der Waals surface area contributed by atoms with Crippen molar-refractivity contribution in [3.05, 3.63) is 17.0 Å². The second-order valence-electron chi connectivity index (χ2n) is 3.99. The van der Waals surface area contributed by atoms with Crippen LogP contribution in [0, 0.1) is 6.92 Å². The SMILES string of the molecule is COC(=O)C1(N)CCc2c1c(C)nn2C. The first-order valence-electron chi connectivity index (χ1n) is 4.91. The van der Waals surface area contributed by atoms with Gasteiger partial charge in [0.15, 0.2) is 0 Å². The molecule has 0 aromatic carbocycles. The highest BCUT2D eigenvalue weighted by Gasteiger charge is 2.46. The Morgan fingerprint density at radius 2 is 2.33 bits per heavy atom. The molecule has 0 saturated heterocycles. The highest BCUT2D eigenvalue weighted by Crippen LogP contribution is 2.37. The Kier molecular flexibility index (Phi) is 2.08. The maximum atomic E-state index is 11.7. The number of carbonyl (C=O) groups excluding carboxylic acids is 1. The summed E-state index contributed by atoms with van der Waals surface area (Å²) in [6.07, 6.45) is 1.37. The molecule has 2 rings (SSSR count). The summed E-state index contributed by atoms with van der Waals surface area (Å²) in [4.78, 5) is 11.7. The number of aryl methyl sites for hydroxylation is 2. The summed E-state index contributed by atoms with van der Waals surface area (Å²) < 4.78 is 6.55. The molecule has 15 heavy (non-hydrogen) atoms. The van der Waals surface area contributed by atoms with Crippen molar-refractivity contribution in [2.24, 2.45) is 12.8 Å². The molecular formula is C10H15N3O2. The molecule has 1 heterocycles. The topological polar surface area (TPSA) is 70.1 Å². The van der Waals surface area contributed by atoms with Crippen LogP contribution in [-0.4, -0.2) is 22.9 Å². The van der Waals surface area contributed by atoms with Gasteiger partial charge in [0.05, 0.1) is 12.8 Å². The number of esters is 1. The Bertz CT molecular complexity index is 425. The minimum Gasteiger partial charge on any atom is -0.467 e. The van der Waals surface area contributed by atoms with Crippen LogP contribution in [0.4, 0.5) is 0 Å². The molecule has 5 heteroatoms. The Hall–Kier alpha value is -1.36. The Labute approximate surface area is 88.2 Å². The number of nitrogens with zero attached hydrogens (tertiary/aromatic N) is 2. The van der Waals surface area contributed by atoms with Crippen molar-refractivity contribution in [3.8, 4) is 0 Å². The van der Waals surface area contributed by atoms with E-state index in [2.05, 4.69) is 5.10 Å². The van der Waals surface area contributed by atoms with E-state index >= 15 is 0 Å².